The standard InChI is InChI=1S/C11H14BrNOS/c1-8(7-15-2)13-11(14)9-3-5-10(12)6-4-9/h3-6,8H,7H2,1-2H3,(H,13,14). The predicted octanol–water partition coefficient (Wildman–Crippen LogP) is 2.93. The van der Waals surface area contributed by atoms with Gasteiger partial charge in [-0.05, 0) is 37.4 Å². The minimum atomic E-state index is -0.0101. The smallest absolute Gasteiger partial charge is 0.251 e. The highest BCUT2D eigenvalue weighted by molar-refractivity contribution is 9.10. The number of nitrogens with one attached hydrogen (secondary N) is 1. The molecule has 15 heavy (non-hydrogen) atoms. The lowest BCUT2D eigenvalue weighted by Gasteiger charge is -2.12. The first kappa shape index (κ1) is 12.6. The minimum absolute atomic E-state index is 0.0101. The molecule has 0 aromatic heterocycles. The zero-order valence-corrected chi connectivity index (χ0v) is 11.2. The predicted molar refractivity (Wildman–Crippen MR) is 69.5 cm³/mol. The average Bonchev–Trinajstić information content (AvgIpc) is 2.18. The number of carbonyl (C=O) groups is 1. The van der Waals surface area contributed by atoms with Gasteiger partial charge >= 0.3 is 0 Å². The summed E-state index contributed by atoms with van der Waals surface area (Å²) in [7, 11) is 0. The molecular weight excluding hydrogens is 274 g/mol. The number of hydrogen-bond acceptors (Lipinski definition) is 2. The third-order valence-electron chi connectivity index (χ3n) is 1.90. The Hall–Kier alpha value is -0.480. The van der Waals surface area contributed by atoms with Crippen LogP contribution < -0.4 is 5.32 Å². The van der Waals surface area contributed by atoms with E-state index in [4.69, 9.17) is 0 Å². The Morgan fingerprint density at radius 3 is 2.60 bits per heavy atom. The Morgan fingerprint density at radius 1 is 1.47 bits per heavy atom. The molecule has 0 bridgehead atoms. The molecule has 1 atom stereocenters. The van der Waals surface area contributed by atoms with Gasteiger partial charge in [-0.2, -0.15) is 11.8 Å². The van der Waals surface area contributed by atoms with Crippen molar-refractivity contribution in [2.45, 2.75) is 13.0 Å². The van der Waals surface area contributed by atoms with Crippen molar-refractivity contribution in [3.8, 4) is 0 Å². The summed E-state index contributed by atoms with van der Waals surface area (Å²) in [6, 6.07) is 7.56. The molecule has 0 fully saturated rings. The second-order valence-electron chi connectivity index (χ2n) is 3.34. The molecule has 0 aliphatic carbocycles. The minimum Gasteiger partial charge on any atom is -0.349 e. The van der Waals surface area contributed by atoms with Crippen molar-refractivity contribution < 1.29 is 4.79 Å². The normalized spacial score (nSPS) is 12.2. The van der Waals surface area contributed by atoms with Gasteiger partial charge in [0.1, 0.15) is 0 Å². The number of hydrogen-bond donors (Lipinski definition) is 1. The Bertz CT molecular complexity index is 326. The van der Waals surface area contributed by atoms with Crippen molar-refractivity contribution in [1.29, 1.82) is 0 Å². The molecule has 82 valence electrons. The first-order valence-electron chi connectivity index (χ1n) is 4.69. The molecule has 4 heteroatoms. The second-order valence-corrected chi connectivity index (χ2v) is 5.16. The van der Waals surface area contributed by atoms with Crippen LogP contribution in [0, 0.1) is 0 Å². The molecule has 0 saturated carbocycles. The topological polar surface area (TPSA) is 29.1 Å². The molecule has 0 spiro atoms. The van der Waals surface area contributed by atoms with Gasteiger partial charge < -0.3 is 5.32 Å². The van der Waals surface area contributed by atoms with Crippen molar-refractivity contribution in [1.82, 2.24) is 5.32 Å². The highest BCUT2D eigenvalue weighted by Crippen LogP contribution is 2.10. The van der Waals surface area contributed by atoms with Crippen LogP contribution in [0.2, 0.25) is 0 Å². The van der Waals surface area contributed by atoms with E-state index in [1.54, 1.807) is 11.8 Å². The third-order valence-corrected chi connectivity index (χ3v) is 3.26. The molecule has 0 aliphatic rings. The van der Waals surface area contributed by atoms with Crippen molar-refractivity contribution in [3.63, 3.8) is 0 Å². The van der Waals surface area contributed by atoms with E-state index in [1.165, 1.54) is 0 Å². The summed E-state index contributed by atoms with van der Waals surface area (Å²) in [5.41, 5.74) is 0.700. The van der Waals surface area contributed by atoms with Gasteiger partial charge in [0.15, 0.2) is 0 Å². The number of amides is 1. The Kier molecular flexibility index (Phi) is 5.19. The zero-order valence-electron chi connectivity index (χ0n) is 8.79. The summed E-state index contributed by atoms with van der Waals surface area (Å²) < 4.78 is 0.983. The highest BCUT2D eigenvalue weighted by atomic mass is 79.9. The van der Waals surface area contributed by atoms with Crippen LogP contribution in [-0.4, -0.2) is 24.0 Å². The first-order valence-corrected chi connectivity index (χ1v) is 6.87. The fourth-order valence-corrected chi connectivity index (χ4v) is 2.05. The largest absolute Gasteiger partial charge is 0.349 e. The maximum atomic E-state index is 11.7. The highest BCUT2D eigenvalue weighted by Gasteiger charge is 2.08. The van der Waals surface area contributed by atoms with Crippen LogP contribution in [0.25, 0.3) is 0 Å². The Labute approximate surface area is 103 Å². The quantitative estimate of drug-likeness (QED) is 0.923. The number of thioether (sulfide) groups is 1. The molecule has 1 amide bonds. The van der Waals surface area contributed by atoms with Gasteiger partial charge in [0.05, 0.1) is 0 Å². The lowest BCUT2D eigenvalue weighted by molar-refractivity contribution is 0.0944. The van der Waals surface area contributed by atoms with Crippen molar-refractivity contribution in [2.75, 3.05) is 12.0 Å². The van der Waals surface area contributed by atoms with Gasteiger partial charge in [-0.1, -0.05) is 15.9 Å². The molecule has 2 nitrogen and oxygen atoms in total. The fourth-order valence-electron chi connectivity index (χ4n) is 1.20. The number of rotatable bonds is 4. The lowest BCUT2D eigenvalue weighted by atomic mass is 10.2. The zero-order chi connectivity index (χ0) is 11.3. The molecule has 1 N–H and O–H groups in total. The van der Waals surface area contributed by atoms with Crippen LogP contribution in [-0.2, 0) is 0 Å². The lowest BCUT2D eigenvalue weighted by Crippen LogP contribution is -2.34. The number of carbonyl (C=O) groups excluding carboxylic acids is 1. The van der Waals surface area contributed by atoms with E-state index >= 15 is 0 Å². The van der Waals surface area contributed by atoms with Gasteiger partial charge in [0.2, 0.25) is 0 Å². The maximum absolute atomic E-state index is 11.7. The van der Waals surface area contributed by atoms with E-state index in [0.717, 1.165) is 10.2 Å². The number of benzene rings is 1. The van der Waals surface area contributed by atoms with Crippen LogP contribution >= 0.6 is 27.7 Å². The molecule has 1 unspecified atom stereocenters. The molecule has 1 rings (SSSR count). The van der Waals surface area contributed by atoms with Crippen molar-refractivity contribution in [2.24, 2.45) is 0 Å². The van der Waals surface area contributed by atoms with Crippen LogP contribution in [0.4, 0.5) is 0 Å². The average molecular weight is 288 g/mol. The summed E-state index contributed by atoms with van der Waals surface area (Å²) in [5.74, 6) is 0.923. The van der Waals surface area contributed by atoms with Crippen LogP contribution in [0.5, 0.6) is 0 Å². The Balaban J connectivity index is 2.57. The van der Waals surface area contributed by atoms with E-state index in [1.807, 2.05) is 37.4 Å². The first-order chi connectivity index (χ1) is 7.13. The molecule has 1 aromatic carbocycles. The number of halogens is 1. The van der Waals surface area contributed by atoms with E-state index in [0.29, 0.717) is 5.56 Å². The van der Waals surface area contributed by atoms with Gasteiger partial charge in [0.25, 0.3) is 5.91 Å². The van der Waals surface area contributed by atoms with E-state index < -0.39 is 0 Å². The third kappa shape index (κ3) is 4.26. The summed E-state index contributed by atoms with van der Waals surface area (Å²) in [5, 5.41) is 2.94. The monoisotopic (exact) mass is 287 g/mol. The summed E-state index contributed by atoms with van der Waals surface area (Å²) in [6.07, 6.45) is 2.03. The second kappa shape index (κ2) is 6.18. The van der Waals surface area contributed by atoms with Gasteiger partial charge in [-0.25, -0.2) is 0 Å². The summed E-state index contributed by atoms with van der Waals surface area (Å²) in [4.78, 5) is 11.7. The van der Waals surface area contributed by atoms with Crippen molar-refractivity contribution in [3.05, 3.63) is 34.3 Å². The maximum Gasteiger partial charge on any atom is 0.251 e. The SMILES string of the molecule is CSCC(C)NC(=O)c1ccc(Br)cc1. The van der Waals surface area contributed by atoms with E-state index in [-0.39, 0.29) is 11.9 Å². The van der Waals surface area contributed by atoms with Gasteiger partial charge in [-0.15, -0.1) is 0 Å². The molecule has 1 aromatic rings. The van der Waals surface area contributed by atoms with Crippen LogP contribution in [0.15, 0.2) is 28.7 Å². The molecular formula is C11H14BrNOS. The van der Waals surface area contributed by atoms with Crippen LogP contribution in [0.1, 0.15) is 17.3 Å². The summed E-state index contributed by atoms with van der Waals surface area (Å²) in [6.45, 7) is 2.01. The summed E-state index contributed by atoms with van der Waals surface area (Å²) >= 11 is 5.06. The molecule has 0 aliphatic heterocycles. The van der Waals surface area contributed by atoms with Gasteiger partial charge in [-0.3, -0.25) is 4.79 Å². The molecule has 0 radical (unpaired) electrons. The van der Waals surface area contributed by atoms with E-state index in [9.17, 15) is 4.79 Å². The van der Waals surface area contributed by atoms with Crippen LogP contribution in [0.3, 0.4) is 0 Å². The van der Waals surface area contributed by atoms with Crippen molar-refractivity contribution >= 4 is 33.6 Å². The van der Waals surface area contributed by atoms with E-state index in [2.05, 4.69) is 21.2 Å². The fraction of sp³-hybridized carbons (Fsp3) is 0.364. The molecule has 0 saturated heterocycles. The van der Waals surface area contributed by atoms with Gasteiger partial charge in [0, 0.05) is 21.8 Å². The molecule has 0 heterocycles. The Morgan fingerprint density at radius 2 is 2.07 bits per heavy atom.